The SMILES string of the molecule is Cc1ncsc1CCC1(CNCC(C)C)CCCC1. The van der Waals surface area contributed by atoms with Crippen molar-refractivity contribution in [3.63, 3.8) is 0 Å². The van der Waals surface area contributed by atoms with Gasteiger partial charge < -0.3 is 5.32 Å². The van der Waals surface area contributed by atoms with Gasteiger partial charge in [-0.2, -0.15) is 0 Å². The molecule has 0 amide bonds. The van der Waals surface area contributed by atoms with Gasteiger partial charge in [-0.15, -0.1) is 11.3 Å². The smallest absolute Gasteiger partial charge is 0.0797 e. The van der Waals surface area contributed by atoms with Gasteiger partial charge in [0, 0.05) is 11.4 Å². The molecule has 1 aromatic rings. The summed E-state index contributed by atoms with van der Waals surface area (Å²) in [5, 5.41) is 3.70. The van der Waals surface area contributed by atoms with Gasteiger partial charge in [-0.1, -0.05) is 26.7 Å². The minimum Gasteiger partial charge on any atom is -0.316 e. The first kappa shape index (κ1) is 15.0. The van der Waals surface area contributed by atoms with Crippen LogP contribution in [0.1, 0.15) is 56.5 Å². The summed E-state index contributed by atoms with van der Waals surface area (Å²) >= 11 is 1.83. The Balaban J connectivity index is 1.86. The standard InChI is InChI=1S/C16H28N2S/c1-13(2)10-17-11-16(7-4-5-8-16)9-6-15-14(3)18-12-19-15/h12-13,17H,4-11H2,1-3H3. The molecule has 3 heteroatoms. The molecule has 1 aromatic heterocycles. The van der Waals surface area contributed by atoms with E-state index in [0.29, 0.717) is 5.41 Å². The Morgan fingerprint density at radius 3 is 2.68 bits per heavy atom. The van der Waals surface area contributed by atoms with Crippen molar-refractivity contribution in [1.29, 1.82) is 0 Å². The molecule has 19 heavy (non-hydrogen) atoms. The van der Waals surface area contributed by atoms with Gasteiger partial charge in [0.05, 0.1) is 11.2 Å². The van der Waals surface area contributed by atoms with Crippen molar-refractivity contribution in [2.75, 3.05) is 13.1 Å². The summed E-state index contributed by atoms with van der Waals surface area (Å²) < 4.78 is 0. The molecule has 2 rings (SSSR count). The molecular weight excluding hydrogens is 252 g/mol. The summed E-state index contributed by atoms with van der Waals surface area (Å²) in [5.41, 5.74) is 3.79. The van der Waals surface area contributed by atoms with Crippen LogP contribution in [0.25, 0.3) is 0 Å². The quantitative estimate of drug-likeness (QED) is 0.810. The van der Waals surface area contributed by atoms with Crippen molar-refractivity contribution in [3.05, 3.63) is 16.1 Å². The van der Waals surface area contributed by atoms with Gasteiger partial charge >= 0.3 is 0 Å². The van der Waals surface area contributed by atoms with Gasteiger partial charge in [0.15, 0.2) is 0 Å². The van der Waals surface area contributed by atoms with E-state index in [2.05, 4.69) is 31.1 Å². The molecule has 1 N–H and O–H groups in total. The van der Waals surface area contributed by atoms with Crippen molar-refractivity contribution in [2.45, 2.75) is 59.3 Å². The largest absolute Gasteiger partial charge is 0.316 e. The molecule has 2 nitrogen and oxygen atoms in total. The maximum atomic E-state index is 4.37. The number of hydrogen-bond donors (Lipinski definition) is 1. The molecule has 1 heterocycles. The lowest BCUT2D eigenvalue weighted by molar-refractivity contribution is 0.254. The first-order chi connectivity index (χ1) is 9.11. The topological polar surface area (TPSA) is 24.9 Å². The van der Waals surface area contributed by atoms with Crippen LogP contribution in [0.5, 0.6) is 0 Å². The third-order valence-electron chi connectivity index (χ3n) is 4.44. The molecule has 0 radical (unpaired) electrons. The molecule has 0 atom stereocenters. The lowest BCUT2D eigenvalue weighted by Crippen LogP contribution is -2.34. The Morgan fingerprint density at radius 1 is 1.37 bits per heavy atom. The number of thiazole rings is 1. The van der Waals surface area contributed by atoms with Crippen LogP contribution in [0.4, 0.5) is 0 Å². The highest BCUT2D eigenvalue weighted by molar-refractivity contribution is 7.09. The fraction of sp³-hybridized carbons (Fsp3) is 0.812. The Labute approximate surface area is 122 Å². The van der Waals surface area contributed by atoms with Crippen LogP contribution in [0, 0.1) is 18.3 Å². The summed E-state index contributed by atoms with van der Waals surface area (Å²) in [4.78, 5) is 5.87. The van der Waals surface area contributed by atoms with Crippen LogP contribution in [0.2, 0.25) is 0 Å². The fourth-order valence-electron chi connectivity index (χ4n) is 3.21. The summed E-state index contributed by atoms with van der Waals surface area (Å²) in [5.74, 6) is 0.752. The second-order valence-electron chi connectivity index (χ2n) is 6.59. The first-order valence-electron chi connectivity index (χ1n) is 7.71. The van der Waals surface area contributed by atoms with Crippen LogP contribution >= 0.6 is 11.3 Å². The molecular formula is C16H28N2S. The van der Waals surface area contributed by atoms with Gasteiger partial charge in [-0.25, -0.2) is 4.98 Å². The van der Waals surface area contributed by atoms with Crippen LogP contribution in [0.3, 0.4) is 0 Å². The summed E-state index contributed by atoms with van der Waals surface area (Å²) in [6.45, 7) is 9.08. The molecule has 0 unspecified atom stereocenters. The molecule has 1 aliphatic rings. The van der Waals surface area contributed by atoms with E-state index in [9.17, 15) is 0 Å². The van der Waals surface area contributed by atoms with E-state index < -0.39 is 0 Å². The zero-order valence-corrected chi connectivity index (χ0v) is 13.5. The van der Waals surface area contributed by atoms with Crippen molar-refractivity contribution in [3.8, 4) is 0 Å². The molecule has 0 bridgehead atoms. The summed E-state index contributed by atoms with van der Waals surface area (Å²) in [7, 11) is 0. The van der Waals surface area contributed by atoms with Crippen molar-refractivity contribution in [2.24, 2.45) is 11.3 Å². The number of rotatable bonds is 7. The van der Waals surface area contributed by atoms with Gasteiger partial charge in [0.1, 0.15) is 0 Å². The third-order valence-corrected chi connectivity index (χ3v) is 5.44. The zero-order chi connectivity index (χ0) is 13.7. The molecule has 1 fully saturated rings. The fourth-order valence-corrected chi connectivity index (χ4v) is 3.99. The summed E-state index contributed by atoms with van der Waals surface area (Å²) in [6, 6.07) is 0. The third kappa shape index (κ3) is 4.28. The van der Waals surface area contributed by atoms with Gasteiger partial charge in [0.25, 0.3) is 0 Å². The molecule has 0 aliphatic heterocycles. The Bertz CT molecular complexity index is 378. The van der Waals surface area contributed by atoms with Gasteiger partial charge in [-0.3, -0.25) is 0 Å². The minimum absolute atomic E-state index is 0.561. The number of nitrogens with zero attached hydrogens (tertiary/aromatic N) is 1. The highest BCUT2D eigenvalue weighted by atomic mass is 32.1. The van der Waals surface area contributed by atoms with E-state index in [4.69, 9.17) is 0 Å². The average Bonchev–Trinajstić information content (AvgIpc) is 2.96. The van der Waals surface area contributed by atoms with Crippen LogP contribution in [-0.2, 0) is 6.42 Å². The van der Waals surface area contributed by atoms with Crippen LogP contribution < -0.4 is 5.32 Å². The van der Waals surface area contributed by atoms with Gasteiger partial charge in [-0.05, 0) is 50.5 Å². The van der Waals surface area contributed by atoms with E-state index >= 15 is 0 Å². The number of hydrogen-bond acceptors (Lipinski definition) is 3. The van der Waals surface area contributed by atoms with E-state index in [1.54, 1.807) is 0 Å². The second-order valence-corrected chi connectivity index (χ2v) is 7.53. The molecule has 0 aromatic carbocycles. The number of aromatic nitrogens is 1. The molecule has 0 saturated heterocycles. The predicted octanol–water partition coefficient (Wildman–Crippen LogP) is 4.19. The van der Waals surface area contributed by atoms with E-state index in [0.717, 1.165) is 12.5 Å². The van der Waals surface area contributed by atoms with Crippen molar-refractivity contribution in [1.82, 2.24) is 10.3 Å². The maximum Gasteiger partial charge on any atom is 0.0797 e. The predicted molar refractivity (Wildman–Crippen MR) is 83.8 cm³/mol. The Hall–Kier alpha value is -0.410. The number of nitrogens with one attached hydrogen (secondary N) is 1. The van der Waals surface area contributed by atoms with Crippen LogP contribution in [0.15, 0.2) is 5.51 Å². The minimum atomic E-state index is 0.561. The first-order valence-corrected chi connectivity index (χ1v) is 8.59. The average molecular weight is 280 g/mol. The maximum absolute atomic E-state index is 4.37. The van der Waals surface area contributed by atoms with E-state index in [-0.39, 0.29) is 0 Å². The molecule has 108 valence electrons. The van der Waals surface area contributed by atoms with E-state index in [1.165, 1.54) is 55.6 Å². The monoisotopic (exact) mass is 280 g/mol. The van der Waals surface area contributed by atoms with Gasteiger partial charge in [0.2, 0.25) is 0 Å². The summed E-state index contributed by atoms with van der Waals surface area (Å²) in [6.07, 6.45) is 8.23. The highest BCUT2D eigenvalue weighted by Gasteiger charge is 2.33. The number of aryl methyl sites for hydroxylation is 2. The zero-order valence-electron chi connectivity index (χ0n) is 12.7. The lowest BCUT2D eigenvalue weighted by atomic mass is 9.81. The Kier molecular flexibility index (Phi) is 5.40. The molecule has 0 spiro atoms. The van der Waals surface area contributed by atoms with Crippen LogP contribution in [-0.4, -0.2) is 18.1 Å². The second kappa shape index (κ2) is 6.85. The highest BCUT2D eigenvalue weighted by Crippen LogP contribution is 2.41. The van der Waals surface area contributed by atoms with Crippen molar-refractivity contribution < 1.29 is 0 Å². The van der Waals surface area contributed by atoms with Crippen molar-refractivity contribution >= 4 is 11.3 Å². The lowest BCUT2D eigenvalue weighted by Gasteiger charge is -2.30. The molecule has 1 saturated carbocycles. The van der Waals surface area contributed by atoms with E-state index in [1.807, 2.05) is 16.8 Å². The normalized spacial score (nSPS) is 18.3. The Morgan fingerprint density at radius 2 is 2.11 bits per heavy atom. The molecule has 1 aliphatic carbocycles.